The standard InChI is InChI=1S/C6H6BNS/c7-5(4-8)6-2-1-3-9-6/h1-3H2/b6-5-. The van der Waals surface area contributed by atoms with Crippen molar-refractivity contribution in [1.29, 1.82) is 5.26 Å². The Balaban J connectivity index is 2.70. The van der Waals surface area contributed by atoms with Crippen molar-refractivity contribution in [3.05, 3.63) is 10.4 Å². The third-order valence-corrected chi connectivity index (χ3v) is 2.51. The number of nitriles is 1. The smallest absolute Gasteiger partial charge is 0.130 e. The molecule has 2 radical (unpaired) electrons. The van der Waals surface area contributed by atoms with Gasteiger partial charge in [0.15, 0.2) is 0 Å². The van der Waals surface area contributed by atoms with Crippen molar-refractivity contribution in [1.82, 2.24) is 0 Å². The molecule has 9 heavy (non-hydrogen) atoms. The third-order valence-electron chi connectivity index (χ3n) is 1.25. The molecule has 0 N–H and O–H groups in total. The molecule has 1 nitrogen and oxygen atoms in total. The number of nitrogens with zero attached hydrogens (tertiary/aromatic N) is 1. The summed E-state index contributed by atoms with van der Waals surface area (Å²) in [6.07, 6.45) is 2.17. The summed E-state index contributed by atoms with van der Waals surface area (Å²) in [4.78, 5) is 1.08. The van der Waals surface area contributed by atoms with E-state index in [2.05, 4.69) is 0 Å². The monoisotopic (exact) mass is 135 g/mol. The Kier molecular flexibility index (Phi) is 2.24. The zero-order valence-electron chi connectivity index (χ0n) is 5.05. The number of allylic oxidation sites excluding steroid dienone is 2. The fraction of sp³-hybridized carbons (Fsp3) is 0.500. The van der Waals surface area contributed by atoms with Crippen molar-refractivity contribution in [2.45, 2.75) is 12.8 Å². The van der Waals surface area contributed by atoms with Crippen LogP contribution in [0.3, 0.4) is 0 Å². The van der Waals surface area contributed by atoms with Crippen LogP contribution in [0.25, 0.3) is 0 Å². The molecule has 1 fully saturated rings. The van der Waals surface area contributed by atoms with Crippen LogP contribution < -0.4 is 0 Å². The SMILES string of the molecule is [B]/C(C#N)=C1/CCCS1. The Morgan fingerprint density at radius 1 is 1.78 bits per heavy atom. The largest absolute Gasteiger partial charge is 0.194 e. The van der Waals surface area contributed by atoms with E-state index < -0.39 is 0 Å². The maximum Gasteiger partial charge on any atom is 0.130 e. The highest BCUT2D eigenvalue weighted by atomic mass is 32.2. The van der Waals surface area contributed by atoms with Gasteiger partial charge in [-0.15, -0.1) is 11.8 Å². The third kappa shape index (κ3) is 1.52. The van der Waals surface area contributed by atoms with Gasteiger partial charge in [-0.25, -0.2) is 0 Å². The molecule has 3 heteroatoms. The van der Waals surface area contributed by atoms with Gasteiger partial charge in [-0.3, -0.25) is 0 Å². The van der Waals surface area contributed by atoms with Crippen LogP contribution in [-0.4, -0.2) is 13.6 Å². The van der Waals surface area contributed by atoms with Gasteiger partial charge in [0.25, 0.3) is 0 Å². The summed E-state index contributed by atoms with van der Waals surface area (Å²) >= 11 is 1.71. The maximum atomic E-state index is 8.35. The van der Waals surface area contributed by atoms with E-state index in [1.807, 2.05) is 6.07 Å². The molecule has 1 saturated heterocycles. The van der Waals surface area contributed by atoms with Crippen molar-refractivity contribution in [3.63, 3.8) is 0 Å². The molecule has 0 aromatic carbocycles. The average Bonchev–Trinajstić information content (AvgIpc) is 2.37. The second kappa shape index (κ2) is 2.98. The first-order valence-electron chi connectivity index (χ1n) is 2.86. The summed E-state index contributed by atoms with van der Waals surface area (Å²) < 4.78 is 0. The zero-order chi connectivity index (χ0) is 6.69. The molecule has 0 unspecified atom stereocenters. The van der Waals surface area contributed by atoms with Crippen LogP contribution >= 0.6 is 11.8 Å². The van der Waals surface area contributed by atoms with Crippen molar-refractivity contribution >= 4 is 19.6 Å². The predicted molar refractivity (Wildman–Crippen MR) is 40.1 cm³/mol. The quantitative estimate of drug-likeness (QED) is 0.370. The second-order valence-corrected chi connectivity index (χ2v) is 3.09. The molecule has 0 bridgehead atoms. The summed E-state index contributed by atoms with van der Waals surface area (Å²) in [5, 5.41) is 8.35. The topological polar surface area (TPSA) is 23.8 Å². The maximum absolute atomic E-state index is 8.35. The van der Waals surface area contributed by atoms with E-state index in [0.29, 0.717) is 5.47 Å². The van der Waals surface area contributed by atoms with E-state index in [1.54, 1.807) is 11.8 Å². The Labute approximate surface area is 60.5 Å². The van der Waals surface area contributed by atoms with Crippen LogP contribution in [0.15, 0.2) is 10.4 Å². The molecule has 0 aromatic rings. The van der Waals surface area contributed by atoms with Crippen LogP contribution in [0.5, 0.6) is 0 Å². The Morgan fingerprint density at radius 3 is 3.00 bits per heavy atom. The molecular weight excluding hydrogens is 129 g/mol. The highest BCUT2D eigenvalue weighted by Crippen LogP contribution is 2.31. The lowest BCUT2D eigenvalue weighted by molar-refractivity contribution is 0.994. The molecule has 0 saturated carbocycles. The zero-order valence-corrected chi connectivity index (χ0v) is 5.87. The lowest BCUT2D eigenvalue weighted by Gasteiger charge is -1.92. The van der Waals surface area contributed by atoms with Crippen LogP contribution in [0.4, 0.5) is 0 Å². The summed E-state index contributed by atoms with van der Waals surface area (Å²) in [7, 11) is 5.38. The van der Waals surface area contributed by atoms with E-state index in [1.165, 1.54) is 6.42 Å². The van der Waals surface area contributed by atoms with E-state index in [9.17, 15) is 0 Å². The number of hydrogen-bond donors (Lipinski definition) is 0. The molecule has 0 aromatic heterocycles. The Bertz CT molecular complexity index is 172. The summed E-state index contributed by atoms with van der Waals surface area (Å²) in [6, 6.07) is 1.94. The van der Waals surface area contributed by atoms with Crippen molar-refractivity contribution in [2.75, 3.05) is 5.75 Å². The van der Waals surface area contributed by atoms with Crippen LogP contribution in [0.2, 0.25) is 0 Å². The fourth-order valence-electron chi connectivity index (χ4n) is 0.775. The first-order chi connectivity index (χ1) is 4.34. The van der Waals surface area contributed by atoms with Crippen LogP contribution in [0, 0.1) is 11.3 Å². The molecule has 1 rings (SSSR count). The first kappa shape index (κ1) is 6.76. The van der Waals surface area contributed by atoms with Crippen LogP contribution in [-0.2, 0) is 0 Å². The number of thioether (sulfide) groups is 1. The Hall–Kier alpha value is -0.355. The van der Waals surface area contributed by atoms with Gasteiger partial charge in [-0.05, 0) is 29.0 Å². The summed E-state index contributed by atoms with van der Waals surface area (Å²) in [5.74, 6) is 1.12. The van der Waals surface area contributed by atoms with Gasteiger partial charge in [-0.1, -0.05) is 0 Å². The minimum atomic E-state index is 0.414. The van der Waals surface area contributed by atoms with Crippen LogP contribution in [0.1, 0.15) is 12.8 Å². The summed E-state index contributed by atoms with van der Waals surface area (Å²) in [6.45, 7) is 0. The van der Waals surface area contributed by atoms with E-state index in [0.717, 1.165) is 17.1 Å². The normalized spacial score (nSPS) is 23.4. The molecule has 1 aliphatic rings. The highest BCUT2D eigenvalue weighted by molar-refractivity contribution is 8.03. The lowest BCUT2D eigenvalue weighted by atomic mass is 9.96. The molecule has 1 aliphatic heterocycles. The van der Waals surface area contributed by atoms with Gasteiger partial charge in [-0.2, -0.15) is 5.26 Å². The fourth-order valence-corrected chi connectivity index (χ4v) is 1.80. The molecule has 0 aliphatic carbocycles. The van der Waals surface area contributed by atoms with Gasteiger partial charge in [0.05, 0.1) is 6.07 Å². The number of hydrogen-bond acceptors (Lipinski definition) is 2. The Morgan fingerprint density at radius 2 is 2.56 bits per heavy atom. The van der Waals surface area contributed by atoms with Gasteiger partial charge in [0.2, 0.25) is 0 Å². The molecular formula is C6H6BNS. The van der Waals surface area contributed by atoms with Gasteiger partial charge in [0, 0.05) is 0 Å². The van der Waals surface area contributed by atoms with Crippen molar-refractivity contribution < 1.29 is 0 Å². The first-order valence-corrected chi connectivity index (χ1v) is 3.84. The van der Waals surface area contributed by atoms with Gasteiger partial charge < -0.3 is 0 Å². The van der Waals surface area contributed by atoms with Gasteiger partial charge >= 0.3 is 0 Å². The second-order valence-electron chi connectivity index (χ2n) is 1.90. The average molecular weight is 135 g/mol. The number of rotatable bonds is 0. The van der Waals surface area contributed by atoms with E-state index in [4.69, 9.17) is 13.1 Å². The minimum absolute atomic E-state index is 0.414. The molecule has 0 amide bonds. The molecule has 44 valence electrons. The lowest BCUT2D eigenvalue weighted by Crippen LogP contribution is -1.79. The van der Waals surface area contributed by atoms with E-state index in [-0.39, 0.29) is 0 Å². The molecule has 0 atom stereocenters. The predicted octanol–water partition coefficient (Wildman–Crippen LogP) is 1.42. The molecule has 0 spiro atoms. The van der Waals surface area contributed by atoms with Gasteiger partial charge in [0.1, 0.15) is 7.85 Å². The minimum Gasteiger partial charge on any atom is -0.194 e. The van der Waals surface area contributed by atoms with E-state index >= 15 is 0 Å². The summed E-state index contributed by atoms with van der Waals surface area (Å²) in [5.41, 5.74) is 0.414. The van der Waals surface area contributed by atoms with Crippen molar-refractivity contribution in [2.24, 2.45) is 0 Å². The van der Waals surface area contributed by atoms with Crippen molar-refractivity contribution in [3.8, 4) is 6.07 Å². The molecule has 1 heterocycles. The highest BCUT2D eigenvalue weighted by Gasteiger charge is 2.08.